The number of hydrogen-bond donors (Lipinski definition) is 1. The van der Waals surface area contributed by atoms with E-state index < -0.39 is 34.3 Å². The zero-order valence-corrected chi connectivity index (χ0v) is 16.6. The molecular weight excluding hydrogens is 416 g/mol. The first-order chi connectivity index (χ1) is 13.8. The minimum absolute atomic E-state index is 0.161. The predicted octanol–water partition coefficient (Wildman–Crippen LogP) is 3.42. The summed E-state index contributed by atoms with van der Waals surface area (Å²) in [5, 5.41) is 20.6. The highest BCUT2D eigenvalue weighted by molar-refractivity contribution is 8.26. The second-order valence-electron chi connectivity index (χ2n) is 5.89. The molecule has 1 N–H and O–H groups in total. The maximum atomic E-state index is 13.0. The molecule has 0 aliphatic carbocycles. The van der Waals surface area contributed by atoms with Crippen molar-refractivity contribution in [3.8, 4) is 5.75 Å². The highest BCUT2D eigenvalue weighted by Gasteiger charge is 2.41. The van der Waals surface area contributed by atoms with Gasteiger partial charge in [-0.25, -0.2) is 4.79 Å². The van der Waals surface area contributed by atoms with Gasteiger partial charge >= 0.3 is 11.7 Å². The lowest BCUT2D eigenvalue weighted by atomic mass is 10.1. The lowest BCUT2D eigenvalue weighted by molar-refractivity contribution is -0.385. The Morgan fingerprint density at radius 1 is 1.31 bits per heavy atom. The summed E-state index contributed by atoms with van der Waals surface area (Å²) in [7, 11) is 1.22. The van der Waals surface area contributed by atoms with Gasteiger partial charge in [0.1, 0.15) is 4.32 Å². The molecule has 0 aromatic heterocycles. The van der Waals surface area contributed by atoms with E-state index in [2.05, 4.69) is 0 Å². The lowest BCUT2D eigenvalue weighted by Crippen LogP contribution is -2.37. The van der Waals surface area contributed by atoms with E-state index in [-0.39, 0.29) is 9.23 Å². The molecule has 1 atom stereocenters. The Kier molecular flexibility index (Phi) is 5.95. The number of esters is 1. The van der Waals surface area contributed by atoms with Crippen molar-refractivity contribution in [2.24, 2.45) is 0 Å². The molecule has 2 aromatic carbocycles. The Labute approximate surface area is 174 Å². The van der Waals surface area contributed by atoms with E-state index in [1.165, 1.54) is 30.2 Å². The molecule has 1 aliphatic heterocycles. The van der Waals surface area contributed by atoms with Crippen LogP contribution in [0.5, 0.6) is 5.75 Å². The minimum atomic E-state index is -1.05. The fraction of sp³-hybridized carbons (Fsp3) is 0.105. The summed E-state index contributed by atoms with van der Waals surface area (Å²) < 4.78 is 5.02. The van der Waals surface area contributed by atoms with Gasteiger partial charge in [-0.3, -0.25) is 19.8 Å². The Morgan fingerprint density at radius 2 is 2.00 bits per heavy atom. The summed E-state index contributed by atoms with van der Waals surface area (Å²) >= 11 is 6.29. The number of aromatic hydroxyl groups is 1. The lowest BCUT2D eigenvalue weighted by Gasteiger charge is -2.24. The van der Waals surface area contributed by atoms with Crippen LogP contribution in [0.15, 0.2) is 53.4 Å². The van der Waals surface area contributed by atoms with Gasteiger partial charge in [0.15, 0.2) is 11.8 Å². The van der Waals surface area contributed by atoms with Gasteiger partial charge in [-0.2, -0.15) is 0 Å². The van der Waals surface area contributed by atoms with Crippen LogP contribution in [0.2, 0.25) is 0 Å². The van der Waals surface area contributed by atoms with Gasteiger partial charge in [0.25, 0.3) is 5.91 Å². The summed E-state index contributed by atoms with van der Waals surface area (Å²) in [4.78, 5) is 37.1. The molecule has 0 spiro atoms. The number of carbonyl (C=O) groups excluding carboxylic acids is 2. The number of carbonyl (C=O) groups is 2. The van der Waals surface area contributed by atoms with E-state index in [4.69, 9.17) is 17.0 Å². The number of phenols is 1. The van der Waals surface area contributed by atoms with Gasteiger partial charge in [0.2, 0.25) is 0 Å². The monoisotopic (exact) mass is 430 g/mol. The van der Waals surface area contributed by atoms with Gasteiger partial charge in [0.05, 0.1) is 16.9 Å². The Hall–Kier alpha value is -3.24. The summed E-state index contributed by atoms with van der Waals surface area (Å²) in [5.41, 5.74) is 0.396. The van der Waals surface area contributed by atoms with Gasteiger partial charge in [-0.15, -0.1) is 0 Å². The van der Waals surface area contributed by atoms with Gasteiger partial charge < -0.3 is 9.84 Å². The van der Waals surface area contributed by atoms with E-state index in [0.29, 0.717) is 11.1 Å². The number of thiocarbonyl (C=S) groups is 1. The first kappa shape index (κ1) is 20.5. The fourth-order valence-corrected chi connectivity index (χ4v) is 4.08. The smallest absolute Gasteiger partial charge is 0.333 e. The average molecular weight is 430 g/mol. The second kappa shape index (κ2) is 8.41. The summed E-state index contributed by atoms with van der Waals surface area (Å²) in [6.45, 7) is 0. The molecule has 0 radical (unpaired) electrons. The summed E-state index contributed by atoms with van der Waals surface area (Å²) in [6.07, 6.45) is 1.42. The number of thioether (sulfide) groups is 1. The van der Waals surface area contributed by atoms with Gasteiger partial charge in [-0.1, -0.05) is 60.4 Å². The molecule has 0 bridgehead atoms. The second-order valence-corrected chi connectivity index (χ2v) is 7.57. The SMILES string of the molecule is COC(=O)C(c1ccccc1)N1C(=O)/C(=C/c2ccc(O)c([N+](=O)[O-])c2)SC1=S. The molecular formula is C19H14N2O6S2. The molecule has 29 heavy (non-hydrogen) atoms. The minimum Gasteiger partial charge on any atom is -0.502 e. The van der Waals surface area contributed by atoms with Crippen LogP contribution in [-0.2, 0) is 14.3 Å². The van der Waals surface area contributed by atoms with Crippen molar-refractivity contribution in [1.29, 1.82) is 0 Å². The molecule has 3 rings (SSSR count). The van der Waals surface area contributed by atoms with Crippen molar-refractivity contribution in [3.05, 3.63) is 74.7 Å². The largest absolute Gasteiger partial charge is 0.502 e. The molecule has 8 nitrogen and oxygen atoms in total. The molecule has 1 saturated heterocycles. The van der Waals surface area contributed by atoms with Gasteiger partial charge in [0, 0.05) is 6.07 Å². The molecule has 0 saturated carbocycles. The van der Waals surface area contributed by atoms with Crippen molar-refractivity contribution in [2.75, 3.05) is 7.11 Å². The number of nitrogens with zero attached hydrogens (tertiary/aromatic N) is 2. The Balaban J connectivity index is 1.99. The average Bonchev–Trinajstić information content (AvgIpc) is 2.97. The molecule has 1 unspecified atom stereocenters. The Morgan fingerprint density at radius 3 is 2.62 bits per heavy atom. The van der Waals surface area contributed by atoms with Crippen molar-refractivity contribution in [3.63, 3.8) is 0 Å². The zero-order chi connectivity index (χ0) is 21.1. The van der Waals surface area contributed by atoms with E-state index >= 15 is 0 Å². The number of nitro groups is 1. The molecule has 1 amide bonds. The zero-order valence-electron chi connectivity index (χ0n) is 15.0. The van der Waals surface area contributed by atoms with E-state index in [1.807, 2.05) is 0 Å². The number of ether oxygens (including phenoxy) is 1. The van der Waals surface area contributed by atoms with Crippen LogP contribution in [0.25, 0.3) is 6.08 Å². The van der Waals surface area contributed by atoms with Gasteiger partial charge in [-0.05, 0) is 23.3 Å². The topological polar surface area (TPSA) is 110 Å². The third-order valence-electron chi connectivity index (χ3n) is 4.12. The van der Waals surface area contributed by atoms with Crippen molar-refractivity contribution >= 4 is 51.9 Å². The highest BCUT2D eigenvalue weighted by atomic mass is 32.2. The van der Waals surface area contributed by atoms with Crippen molar-refractivity contribution in [1.82, 2.24) is 4.90 Å². The number of amides is 1. The van der Waals surface area contributed by atoms with Crippen LogP contribution in [0, 0.1) is 10.1 Å². The maximum Gasteiger partial charge on any atom is 0.333 e. The molecule has 10 heteroatoms. The van der Waals surface area contributed by atoms with E-state index in [9.17, 15) is 24.8 Å². The molecule has 148 valence electrons. The van der Waals surface area contributed by atoms with Crippen molar-refractivity contribution < 1.29 is 24.4 Å². The third-order valence-corrected chi connectivity index (χ3v) is 5.45. The van der Waals surface area contributed by atoms with Crippen molar-refractivity contribution in [2.45, 2.75) is 6.04 Å². The van der Waals surface area contributed by atoms with Crippen LogP contribution >= 0.6 is 24.0 Å². The standard InChI is InChI=1S/C19H14N2O6S2/c1-27-18(24)16(12-5-3-2-4-6-12)20-17(23)15(29-19(20)28)10-11-7-8-14(22)13(9-11)21(25)26/h2-10,16,22H,1H3/b15-10-. The van der Waals surface area contributed by atoms with E-state index in [0.717, 1.165) is 17.8 Å². The number of hydrogen-bond acceptors (Lipinski definition) is 8. The maximum absolute atomic E-state index is 13.0. The molecule has 1 aliphatic rings. The van der Waals surface area contributed by atoms with Crippen LogP contribution in [0.1, 0.15) is 17.2 Å². The number of nitro benzene ring substituents is 1. The third kappa shape index (κ3) is 4.13. The first-order valence-electron chi connectivity index (χ1n) is 8.20. The fourth-order valence-electron chi connectivity index (χ4n) is 2.77. The van der Waals surface area contributed by atoms with Crippen LogP contribution in [0.4, 0.5) is 5.69 Å². The predicted molar refractivity (Wildman–Crippen MR) is 111 cm³/mol. The number of benzene rings is 2. The highest BCUT2D eigenvalue weighted by Crippen LogP contribution is 2.39. The molecule has 1 heterocycles. The van der Waals surface area contributed by atoms with Crippen LogP contribution in [0.3, 0.4) is 0 Å². The Bertz CT molecular complexity index is 1040. The quantitative estimate of drug-likeness (QED) is 0.253. The number of rotatable bonds is 5. The molecule has 2 aromatic rings. The van der Waals surface area contributed by atoms with Crippen LogP contribution < -0.4 is 0 Å². The number of phenolic OH excluding ortho intramolecular Hbond substituents is 1. The van der Waals surface area contributed by atoms with E-state index in [1.54, 1.807) is 30.3 Å². The van der Waals surface area contributed by atoms with Crippen LogP contribution in [-0.4, -0.2) is 38.2 Å². The molecule has 1 fully saturated rings. The summed E-state index contributed by atoms with van der Waals surface area (Å²) in [5.74, 6) is -1.64. The summed E-state index contributed by atoms with van der Waals surface area (Å²) in [6, 6.07) is 11.3. The normalized spacial score (nSPS) is 16.2. The number of methoxy groups -OCH3 is 1. The first-order valence-corrected chi connectivity index (χ1v) is 9.43.